The van der Waals surface area contributed by atoms with Gasteiger partial charge in [-0.05, 0) is 51.1 Å². The van der Waals surface area contributed by atoms with Crippen molar-refractivity contribution >= 4 is 11.6 Å². The molecule has 0 amide bonds. The number of rotatable bonds is 4. The summed E-state index contributed by atoms with van der Waals surface area (Å²) in [4.78, 5) is 0. The summed E-state index contributed by atoms with van der Waals surface area (Å²) in [6.07, 6.45) is 1.63. The van der Waals surface area contributed by atoms with E-state index in [1.165, 1.54) is 6.07 Å². The summed E-state index contributed by atoms with van der Waals surface area (Å²) in [5.74, 6) is -0.252. The molecule has 1 heterocycles. The van der Waals surface area contributed by atoms with Crippen LogP contribution in [0.1, 0.15) is 42.8 Å². The predicted octanol–water partition coefficient (Wildman–Crippen LogP) is 3.87. The molecule has 2 aromatic rings. The van der Waals surface area contributed by atoms with Gasteiger partial charge in [-0.15, -0.1) is 0 Å². The number of nitrogens with zero attached hydrogens (tertiary/aromatic N) is 2. The molecule has 0 aliphatic heterocycles. The minimum atomic E-state index is -0.252. The van der Waals surface area contributed by atoms with Gasteiger partial charge in [0.15, 0.2) is 0 Å². The number of nitrogens with one attached hydrogen (secondary N) is 1. The molecule has 0 aliphatic carbocycles. The Morgan fingerprint density at radius 2 is 2.05 bits per heavy atom. The normalized spacial score (nSPS) is 12.9. The Morgan fingerprint density at radius 3 is 2.65 bits per heavy atom. The number of benzene rings is 1. The number of aromatic nitrogens is 2. The quantitative estimate of drug-likeness (QED) is 0.928. The van der Waals surface area contributed by atoms with Crippen LogP contribution in [0.2, 0.25) is 5.02 Å². The fraction of sp³-hybridized carbons (Fsp3) is 0.400. The SMILES string of the molecule is CNC(c1cc(F)ccc1C)c1c(Cl)cnn1C(C)C. The van der Waals surface area contributed by atoms with Crippen LogP contribution in [0, 0.1) is 12.7 Å². The number of halogens is 2. The van der Waals surface area contributed by atoms with Crippen LogP contribution in [0.5, 0.6) is 0 Å². The van der Waals surface area contributed by atoms with Crippen LogP contribution in [-0.2, 0) is 0 Å². The lowest BCUT2D eigenvalue weighted by atomic mass is 9.98. The van der Waals surface area contributed by atoms with Crippen LogP contribution in [0.25, 0.3) is 0 Å². The molecule has 108 valence electrons. The first-order valence-electron chi connectivity index (χ1n) is 6.62. The summed E-state index contributed by atoms with van der Waals surface area (Å²) in [6.45, 7) is 6.04. The predicted molar refractivity (Wildman–Crippen MR) is 79.7 cm³/mol. The summed E-state index contributed by atoms with van der Waals surface area (Å²) < 4.78 is 15.4. The first-order chi connectivity index (χ1) is 9.45. The third kappa shape index (κ3) is 2.72. The third-order valence-electron chi connectivity index (χ3n) is 3.39. The van der Waals surface area contributed by atoms with E-state index < -0.39 is 0 Å². The van der Waals surface area contributed by atoms with E-state index in [1.54, 1.807) is 18.3 Å². The summed E-state index contributed by atoms with van der Waals surface area (Å²) in [5, 5.41) is 8.11. The van der Waals surface area contributed by atoms with Crippen LogP contribution in [0.3, 0.4) is 0 Å². The summed E-state index contributed by atoms with van der Waals surface area (Å²) in [7, 11) is 1.84. The second kappa shape index (κ2) is 5.94. The Hall–Kier alpha value is -1.39. The van der Waals surface area contributed by atoms with Gasteiger partial charge in [-0.3, -0.25) is 4.68 Å². The molecule has 1 N–H and O–H groups in total. The van der Waals surface area contributed by atoms with E-state index in [4.69, 9.17) is 11.6 Å². The minimum absolute atomic E-state index is 0.183. The van der Waals surface area contributed by atoms with Crippen LogP contribution < -0.4 is 5.32 Å². The van der Waals surface area contributed by atoms with Gasteiger partial charge >= 0.3 is 0 Å². The zero-order chi connectivity index (χ0) is 14.9. The van der Waals surface area contributed by atoms with Crippen molar-refractivity contribution in [2.45, 2.75) is 32.9 Å². The Balaban J connectivity index is 2.58. The molecular weight excluding hydrogens is 277 g/mol. The van der Waals surface area contributed by atoms with E-state index in [0.717, 1.165) is 16.8 Å². The summed E-state index contributed by atoms with van der Waals surface area (Å²) in [6, 6.07) is 4.78. The van der Waals surface area contributed by atoms with Crippen molar-refractivity contribution in [3.63, 3.8) is 0 Å². The minimum Gasteiger partial charge on any atom is -0.308 e. The largest absolute Gasteiger partial charge is 0.308 e. The van der Waals surface area contributed by atoms with Gasteiger partial charge in [-0.25, -0.2) is 4.39 Å². The van der Waals surface area contributed by atoms with Gasteiger partial charge in [0.05, 0.1) is 23.0 Å². The fourth-order valence-electron chi connectivity index (χ4n) is 2.39. The maximum absolute atomic E-state index is 13.6. The van der Waals surface area contributed by atoms with Gasteiger partial charge < -0.3 is 5.32 Å². The van der Waals surface area contributed by atoms with Crippen LogP contribution >= 0.6 is 11.6 Å². The monoisotopic (exact) mass is 295 g/mol. The smallest absolute Gasteiger partial charge is 0.123 e. The molecule has 20 heavy (non-hydrogen) atoms. The molecule has 0 aliphatic rings. The molecule has 0 saturated carbocycles. The maximum atomic E-state index is 13.6. The lowest BCUT2D eigenvalue weighted by molar-refractivity contribution is 0.482. The highest BCUT2D eigenvalue weighted by Gasteiger charge is 2.23. The van der Waals surface area contributed by atoms with Gasteiger partial charge in [0.2, 0.25) is 0 Å². The van der Waals surface area contributed by atoms with Gasteiger partial charge in [-0.1, -0.05) is 17.7 Å². The lowest BCUT2D eigenvalue weighted by Crippen LogP contribution is -2.23. The molecule has 0 spiro atoms. The maximum Gasteiger partial charge on any atom is 0.123 e. The molecule has 0 saturated heterocycles. The highest BCUT2D eigenvalue weighted by molar-refractivity contribution is 6.31. The topological polar surface area (TPSA) is 29.9 Å². The molecule has 1 unspecified atom stereocenters. The van der Waals surface area contributed by atoms with Gasteiger partial charge in [0.25, 0.3) is 0 Å². The highest BCUT2D eigenvalue weighted by Crippen LogP contribution is 2.31. The fourth-order valence-corrected chi connectivity index (χ4v) is 2.63. The number of hydrogen-bond acceptors (Lipinski definition) is 2. The van der Waals surface area contributed by atoms with E-state index in [9.17, 15) is 4.39 Å². The first kappa shape index (κ1) is 15.0. The van der Waals surface area contributed by atoms with Crippen LogP contribution in [-0.4, -0.2) is 16.8 Å². The molecule has 3 nitrogen and oxygen atoms in total. The molecular formula is C15H19ClFN3. The molecule has 1 aromatic carbocycles. The second-order valence-electron chi connectivity index (χ2n) is 5.14. The van der Waals surface area contributed by atoms with Gasteiger partial charge in [0.1, 0.15) is 5.82 Å². The molecule has 1 aromatic heterocycles. The second-order valence-corrected chi connectivity index (χ2v) is 5.55. The van der Waals surface area contributed by atoms with E-state index in [0.29, 0.717) is 5.02 Å². The average molecular weight is 296 g/mol. The van der Waals surface area contributed by atoms with Crippen molar-refractivity contribution in [3.8, 4) is 0 Å². The van der Waals surface area contributed by atoms with Crippen molar-refractivity contribution in [2.75, 3.05) is 7.05 Å². The van der Waals surface area contributed by atoms with E-state index >= 15 is 0 Å². The van der Waals surface area contributed by atoms with Crippen molar-refractivity contribution in [1.82, 2.24) is 15.1 Å². The first-order valence-corrected chi connectivity index (χ1v) is 6.99. The number of hydrogen-bond donors (Lipinski definition) is 1. The molecule has 0 radical (unpaired) electrons. The Kier molecular flexibility index (Phi) is 4.45. The van der Waals surface area contributed by atoms with Crippen LogP contribution in [0.15, 0.2) is 24.4 Å². The summed E-state index contributed by atoms with van der Waals surface area (Å²) in [5.41, 5.74) is 2.74. The van der Waals surface area contributed by atoms with Crippen molar-refractivity contribution in [1.29, 1.82) is 0 Å². The number of aryl methyl sites for hydroxylation is 1. The molecule has 5 heteroatoms. The third-order valence-corrected chi connectivity index (χ3v) is 3.68. The molecule has 1 atom stereocenters. The molecule has 0 bridgehead atoms. The molecule has 0 fully saturated rings. The van der Waals surface area contributed by atoms with Gasteiger partial charge in [-0.2, -0.15) is 5.10 Å². The Morgan fingerprint density at radius 1 is 1.35 bits per heavy atom. The zero-order valence-electron chi connectivity index (χ0n) is 12.1. The van der Waals surface area contributed by atoms with E-state index in [1.807, 2.05) is 32.5 Å². The zero-order valence-corrected chi connectivity index (χ0v) is 12.9. The van der Waals surface area contributed by atoms with E-state index in [2.05, 4.69) is 10.4 Å². The lowest BCUT2D eigenvalue weighted by Gasteiger charge is -2.22. The van der Waals surface area contributed by atoms with Crippen molar-refractivity contribution in [2.24, 2.45) is 0 Å². The van der Waals surface area contributed by atoms with Crippen molar-refractivity contribution in [3.05, 3.63) is 52.1 Å². The Bertz CT molecular complexity index is 607. The van der Waals surface area contributed by atoms with Crippen LogP contribution in [0.4, 0.5) is 4.39 Å². The average Bonchev–Trinajstić information content (AvgIpc) is 2.77. The van der Waals surface area contributed by atoms with Gasteiger partial charge in [0, 0.05) is 6.04 Å². The van der Waals surface area contributed by atoms with Crippen molar-refractivity contribution < 1.29 is 4.39 Å². The standard InChI is InChI=1S/C15H19ClFN3/c1-9(2)20-15(13(16)8-19-20)14(18-4)12-7-11(17)6-5-10(12)3/h5-9,14,18H,1-4H3. The Labute approximate surface area is 123 Å². The summed E-state index contributed by atoms with van der Waals surface area (Å²) >= 11 is 6.29. The van der Waals surface area contributed by atoms with E-state index in [-0.39, 0.29) is 17.9 Å². The molecule has 2 rings (SSSR count). The highest BCUT2D eigenvalue weighted by atomic mass is 35.5.